The number of nitrogens with zero attached hydrogens (tertiary/aromatic N) is 2. The Morgan fingerprint density at radius 2 is 2.07 bits per heavy atom. The highest BCUT2D eigenvalue weighted by atomic mass is 32.1. The number of hydrogen-bond donors (Lipinski definition) is 1. The third-order valence-electron chi connectivity index (χ3n) is 1.82. The highest BCUT2D eigenvalue weighted by molar-refractivity contribution is 7.16. The maximum Gasteiger partial charge on any atom is 0.451 e. The van der Waals surface area contributed by atoms with Crippen LogP contribution < -0.4 is 5.32 Å². The summed E-state index contributed by atoms with van der Waals surface area (Å²) < 4.78 is 37.2. The standard InChI is InChI=1S/C8H6F3N3S/c1-12-5-4-2-3-15-6(4)14-7(13-5)8(9,10)11/h2-3H,1H3,(H,12,13,14). The Morgan fingerprint density at radius 1 is 1.33 bits per heavy atom. The molecule has 2 rings (SSSR count). The average molecular weight is 233 g/mol. The Bertz CT molecular complexity index is 491. The monoisotopic (exact) mass is 233 g/mol. The lowest BCUT2D eigenvalue weighted by molar-refractivity contribution is -0.144. The topological polar surface area (TPSA) is 37.8 Å². The van der Waals surface area contributed by atoms with Crippen LogP contribution in [0.15, 0.2) is 11.4 Å². The molecule has 0 aromatic carbocycles. The van der Waals surface area contributed by atoms with Gasteiger partial charge in [-0.15, -0.1) is 11.3 Å². The molecule has 80 valence electrons. The van der Waals surface area contributed by atoms with Gasteiger partial charge >= 0.3 is 6.18 Å². The van der Waals surface area contributed by atoms with Crippen LogP contribution in [0.5, 0.6) is 0 Å². The molecule has 0 spiro atoms. The molecule has 0 amide bonds. The number of fused-ring (bicyclic) bond motifs is 1. The summed E-state index contributed by atoms with van der Waals surface area (Å²) in [7, 11) is 1.53. The Kier molecular flexibility index (Phi) is 2.26. The zero-order valence-corrected chi connectivity index (χ0v) is 8.41. The van der Waals surface area contributed by atoms with Crippen molar-refractivity contribution in [3.63, 3.8) is 0 Å². The SMILES string of the molecule is CNc1nc(C(F)(F)F)nc2sccc12. The van der Waals surface area contributed by atoms with Crippen LogP contribution in [0.25, 0.3) is 10.2 Å². The zero-order valence-electron chi connectivity index (χ0n) is 7.59. The van der Waals surface area contributed by atoms with Gasteiger partial charge in [0, 0.05) is 7.05 Å². The van der Waals surface area contributed by atoms with Gasteiger partial charge in [0.1, 0.15) is 10.6 Å². The Labute approximate surface area is 87.0 Å². The van der Waals surface area contributed by atoms with Crippen molar-refractivity contribution in [2.75, 3.05) is 12.4 Å². The van der Waals surface area contributed by atoms with Crippen molar-refractivity contribution in [2.45, 2.75) is 6.18 Å². The van der Waals surface area contributed by atoms with E-state index in [-0.39, 0.29) is 5.82 Å². The molecule has 0 aliphatic carbocycles. The van der Waals surface area contributed by atoms with Crippen molar-refractivity contribution in [2.24, 2.45) is 0 Å². The molecule has 7 heteroatoms. The third kappa shape index (κ3) is 1.74. The highest BCUT2D eigenvalue weighted by Crippen LogP contribution is 2.31. The summed E-state index contributed by atoms with van der Waals surface area (Å²) >= 11 is 1.16. The van der Waals surface area contributed by atoms with Crippen molar-refractivity contribution < 1.29 is 13.2 Å². The smallest absolute Gasteiger partial charge is 0.372 e. The molecule has 0 unspecified atom stereocenters. The molecule has 0 aliphatic heterocycles. The maximum absolute atomic E-state index is 12.4. The summed E-state index contributed by atoms with van der Waals surface area (Å²) in [6, 6.07) is 1.69. The van der Waals surface area contributed by atoms with E-state index in [9.17, 15) is 13.2 Å². The van der Waals surface area contributed by atoms with Crippen LogP contribution in [0.2, 0.25) is 0 Å². The maximum atomic E-state index is 12.4. The fourth-order valence-electron chi connectivity index (χ4n) is 1.17. The largest absolute Gasteiger partial charge is 0.451 e. The van der Waals surface area contributed by atoms with Crippen LogP contribution in [0, 0.1) is 0 Å². The van der Waals surface area contributed by atoms with E-state index in [1.165, 1.54) is 7.05 Å². The van der Waals surface area contributed by atoms with E-state index < -0.39 is 12.0 Å². The number of anilines is 1. The molecule has 0 aliphatic rings. The predicted octanol–water partition coefficient (Wildman–Crippen LogP) is 2.75. The minimum absolute atomic E-state index is 0.202. The molecule has 1 N–H and O–H groups in total. The molecule has 0 saturated heterocycles. The predicted molar refractivity (Wildman–Crippen MR) is 52.0 cm³/mol. The van der Waals surface area contributed by atoms with E-state index in [1.54, 1.807) is 11.4 Å². The minimum Gasteiger partial charge on any atom is -0.372 e. The van der Waals surface area contributed by atoms with Gasteiger partial charge in [0.2, 0.25) is 5.82 Å². The fourth-order valence-corrected chi connectivity index (χ4v) is 1.94. The number of alkyl halides is 3. The number of aromatic nitrogens is 2. The second-order valence-electron chi connectivity index (χ2n) is 2.78. The zero-order chi connectivity index (χ0) is 11.1. The van der Waals surface area contributed by atoms with E-state index in [4.69, 9.17) is 0 Å². The van der Waals surface area contributed by atoms with Crippen molar-refractivity contribution in [1.29, 1.82) is 0 Å². The van der Waals surface area contributed by atoms with Crippen LogP contribution in [-0.2, 0) is 6.18 Å². The first-order valence-electron chi connectivity index (χ1n) is 4.02. The van der Waals surface area contributed by atoms with Gasteiger partial charge < -0.3 is 5.32 Å². The van der Waals surface area contributed by atoms with Gasteiger partial charge in [0.25, 0.3) is 0 Å². The van der Waals surface area contributed by atoms with E-state index in [2.05, 4.69) is 15.3 Å². The summed E-state index contributed by atoms with van der Waals surface area (Å²) in [5.41, 5.74) is 0. The molecule has 0 saturated carbocycles. The lowest BCUT2D eigenvalue weighted by Crippen LogP contribution is -2.12. The first kappa shape index (κ1) is 10.2. The fraction of sp³-hybridized carbons (Fsp3) is 0.250. The minimum atomic E-state index is -4.51. The average Bonchev–Trinajstić information content (AvgIpc) is 2.62. The van der Waals surface area contributed by atoms with Crippen molar-refractivity contribution in [3.8, 4) is 0 Å². The van der Waals surface area contributed by atoms with E-state index in [1.807, 2.05) is 0 Å². The molecular weight excluding hydrogens is 227 g/mol. The summed E-state index contributed by atoms with van der Waals surface area (Å²) in [6.07, 6.45) is -4.51. The van der Waals surface area contributed by atoms with Crippen molar-refractivity contribution in [1.82, 2.24) is 9.97 Å². The Hall–Kier alpha value is -1.37. The first-order chi connectivity index (χ1) is 7.02. The molecule has 2 aromatic rings. The third-order valence-corrected chi connectivity index (χ3v) is 2.62. The van der Waals surface area contributed by atoms with Gasteiger partial charge in [-0.2, -0.15) is 13.2 Å². The Balaban J connectivity index is 2.69. The number of hydrogen-bond acceptors (Lipinski definition) is 4. The Morgan fingerprint density at radius 3 is 2.67 bits per heavy atom. The van der Waals surface area contributed by atoms with Gasteiger partial charge in [-0.1, -0.05) is 0 Å². The first-order valence-corrected chi connectivity index (χ1v) is 4.90. The number of nitrogens with one attached hydrogen (secondary N) is 1. The number of thiophene rings is 1. The van der Waals surface area contributed by atoms with E-state index in [0.29, 0.717) is 10.2 Å². The van der Waals surface area contributed by atoms with E-state index in [0.717, 1.165) is 11.3 Å². The molecule has 0 fully saturated rings. The second-order valence-corrected chi connectivity index (χ2v) is 3.68. The van der Waals surface area contributed by atoms with Gasteiger partial charge in [-0.25, -0.2) is 9.97 Å². The van der Waals surface area contributed by atoms with Gasteiger partial charge in [-0.3, -0.25) is 0 Å². The van der Waals surface area contributed by atoms with Crippen LogP contribution in [0.1, 0.15) is 5.82 Å². The molecule has 0 atom stereocenters. The van der Waals surface area contributed by atoms with Gasteiger partial charge in [-0.05, 0) is 11.4 Å². The summed E-state index contributed by atoms with van der Waals surface area (Å²) in [5, 5.41) is 4.91. The summed E-state index contributed by atoms with van der Waals surface area (Å²) in [5.74, 6) is -0.907. The molecule has 2 heterocycles. The lowest BCUT2D eigenvalue weighted by Gasteiger charge is -2.07. The van der Waals surface area contributed by atoms with Gasteiger partial charge in [0.05, 0.1) is 5.39 Å². The van der Waals surface area contributed by atoms with Crippen LogP contribution in [0.4, 0.5) is 19.0 Å². The van der Waals surface area contributed by atoms with Crippen molar-refractivity contribution in [3.05, 3.63) is 17.3 Å². The number of rotatable bonds is 1. The highest BCUT2D eigenvalue weighted by Gasteiger charge is 2.35. The lowest BCUT2D eigenvalue weighted by atomic mass is 10.3. The molecule has 15 heavy (non-hydrogen) atoms. The van der Waals surface area contributed by atoms with Crippen LogP contribution in [0.3, 0.4) is 0 Å². The molecular formula is C8H6F3N3S. The second kappa shape index (κ2) is 3.34. The van der Waals surface area contributed by atoms with Crippen LogP contribution in [-0.4, -0.2) is 17.0 Å². The number of halogens is 3. The molecule has 3 nitrogen and oxygen atoms in total. The van der Waals surface area contributed by atoms with Crippen molar-refractivity contribution >= 4 is 27.4 Å². The van der Waals surface area contributed by atoms with Gasteiger partial charge in [0.15, 0.2) is 0 Å². The normalized spacial score (nSPS) is 12.0. The molecule has 2 aromatic heterocycles. The quantitative estimate of drug-likeness (QED) is 0.823. The summed E-state index contributed by atoms with van der Waals surface area (Å²) in [4.78, 5) is 7.21. The molecule has 0 radical (unpaired) electrons. The van der Waals surface area contributed by atoms with Crippen LogP contribution >= 0.6 is 11.3 Å². The molecule has 0 bridgehead atoms. The summed E-state index contributed by atoms with van der Waals surface area (Å²) in [6.45, 7) is 0. The van der Waals surface area contributed by atoms with E-state index >= 15 is 0 Å².